The van der Waals surface area contributed by atoms with Gasteiger partial charge in [0.15, 0.2) is 0 Å². The van der Waals surface area contributed by atoms with Gasteiger partial charge in [0.2, 0.25) is 10.0 Å². The largest absolute Gasteiger partial charge is 0.392 e. The average Bonchev–Trinajstić information content (AvgIpc) is 2.46. The van der Waals surface area contributed by atoms with Gasteiger partial charge in [-0.3, -0.25) is 0 Å². The normalized spacial score (nSPS) is 19.7. The van der Waals surface area contributed by atoms with Crippen molar-refractivity contribution in [2.24, 2.45) is 0 Å². The van der Waals surface area contributed by atoms with Gasteiger partial charge in [-0.15, -0.1) is 0 Å². The van der Waals surface area contributed by atoms with E-state index in [1.807, 2.05) is 0 Å². The van der Waals surface area contributed by atoms with Crippen molar-refractivity contribution in [2.45, 2.75) is 36.9 Å². The van der Waals surface area contributed by atoms with Crippen LogP contribution in [0.5, 0.6) is 0 Å². The van der Waals surface area contributed by atoms with Crippen molar-refractivity contribution < 1.29 is 18.3 Å². The van der Waals surface area contributed by atoms with Crippen molar-refractivity contribution in [3.05, 3.63) is 27.7 Å². The quantitative estimate of drug-likeness (QED) is 0.851. The second-order valence-corrected chi connectivity index (χ2v) is 7.36. The van der Waals surface area contributed by atoms with Crippen LogP contribution in [0.4, 0.5) is 0 Å². The van der Waals surface area contributed by atoms with Crippen LogP contribution in [-0.2, 0) is 21.4 Å². The Labute approximate surface area is 134 Å². The molecular weight excluding hydrogens is 337 g/mol. The minimum absolute atomic E-state index is 0.0536. The lowest BCUT2D eigenvalue weighted by Crippen LogP contribution is -2.35. The number of halogens is 2. The lowest BCUT2D eigenvalue weighted by atomic mass is 10.1. The molecule has 0 aliphatic carbocycles. The van der Waals surface area contributed by atoms with Crippen LogP contribution in [0.2, 0.25) is 10.0 Å². The fraction of sp³-hybridized carbons (Fsp3) is 0.538. The fourth-order valence-corrected chi connectivity index (χ4v) is 4.14. The van der Waals surface area contributed by atoms with Crippen molar-refractivity contribution in [3.8, 4) is 0 Å². The average molecular weight is 354 g/mol. The van der Waals surface area contributed by atoms with Crippen LogP contribution < -0.4 is 4.72 Å². The van der Waals surface area contributed by atoms with E-state index < -0.39 is 16.6 Å². The van der Waals surface area contributed by atoms with E-state index >= 15 is 0 Å². The van der Waals surface area contributed by atoms with E-state index in [9.17, 15) is 13.5 Å². The Bertz CT molecular complexity index is 600. The molecule has 1 aliphatic heterocycles. The molecule has 2 rings (SSSR count). The second kappa shape index (κ2) is 7.26. The summed E-state index contributed by atoms with van der Waals surface area (Å²) in [6.07, 6.45) is 2.75. The summed E-state index contributed by atoms with van der Waals surface area (Å²) >= 11 is 11.9. The Hall–Kier alpha value is -0.370. The monoisotopic (exact) mass is 353 g/mol. The minimum Gasteiger partial charge on any atom is -0.392 e. The first-order chi connectivity index (χ1) is 9.95. The molecule has 1 atom stereocenters. The van der Waals surface area contributed by atoms with E-state index in [2.05, 4.69) is 4.72 Å². The van der Waals surface area contributed by atoms with E-state index in [0.29, 0.717) is 6.61 Å². The lowest BCUT2D eigenvalue weighted by Gasteiger charge is -2.23. The van der Waals surface area contributed by atoms with Crippen LogP contribution in [0, 0.1) is 0 Å². The summed E-state index contributed by atoms with van der Waals surface area (Å²) in [5.41, 5.74) is 0.204. The second-order valence-electron chi connectivity index (χ2n) is 4.84. The first-order valence-electron chi connectivity index (χ1n) is 6.64. The maximum Gasteiger partial charge on any atom is 0.242 e. The number of hydrogen-bond acceptors (Lipinski definition) is 4. The van der Waals surface area contributed by atoms with E-state index in [-0.39, 0.29) is 33.2 Å². The Morgan fingerprint density at radius 3 is 2.71 bits per heavy atom. The van der Waals surface area contributed by atoms with Gasteiger partial charge < -0.3 is 9.84 Å². The summed E-state index contributed by atoms with van der Waals surface area (Å²) in [7, 11) is -3.77. The Kier molecular flexibility index (Phi) is 5.88. The Morgan fingerprint density at radius 1 is 1.33 bits per heavy atom. The van der Waals surface area contributed by atoms with Crippen molar-refractivity contribution in [1.29, 1.82) is 0 Å². The summed E-state index contributed by atoms with van der Waals surface area (Å²) in [5.74, 6) is 0. The summed E-state index contributed by atoms with van der Waals surface area (Å²) in [6.45, 7) is 0.436. The van der Waals surface area contributed by atoms with Crippen molar-refractivity contribution in [3.63, 3.8) is 0 Å². The minimum atomic E-state index is -3.77. The molecule has 1 fully saturated rings. The summed E-state index contributed by atoms with van der Waals surface area (Å²) < 4.78 is 32.6. The Morgan fingerprint density at radius 2 is 2.10 bits per heavy atom. The van der Waals surface area contributed by atoms with Crippen LogP contribution in [0.25, 0.3) is 0 Å². The van der Waals surface area contributed by atoms with Gasteiger partial charge in [0.1, 0.15) is 4.90 Å². The number of rotatable bonds is 5. The third-order valence-electron chi connectivity index (χ3n) is 3.37. The molecule has 118 valence electrons. The molecule has 0 amide bonds. The van der Waals surface area contributed by atoms with Gasteiger partial charge in [0.05, 0.1) is 17.7 Å². The van der Waals surface area contributed by atoms with Crippen LogP contribution in [-0.4, -0.2) is 32.8 Å². The molecule has 0 bridgehead atoms. The number of nitrogens with one attached hydrogen (secondary N) is 1. The highest BCUT2D eigenvalue weighted by Gasteiger charge is 2.23. The highest BCUT2D eigenvalue weighted by Crippen LogP contribution is 2.31. The van der Waals surface area contributed by atoms with Crippen LogP contribution >= 0.6 is 23.2 Å². The molecule has 2 N–H and O–H groups in total. The predicted octanol–water partition coefficient (Wildman–Crippen LogP) is 2.33. The smallest absolute Gasteiger partial charge is 0.242 e. The molecular formula is C13H17Cl2NO4S. The standard InChI is InChI=1S/C13H17Cl2NO4S/c14-11-4-5-12(13(15)10(11)8-17)21(18,19)16-7-9-3-1-2-6-20-9/h4-5,9,16-17H,1-3,6-8H2. The molecule has 1 unspecified atom stereocenters. The molecule has 5 nitrogen and oxygen atoms in total. The molecule has 21 heavy (non-hydrogen) atoms. The molecule has 1 aromatic rings. The highest BCUT2D eigenvalue weighted by molar-refractivity contribution is 7.89. The number of sulfonamides is 1. The van der Waals surface area contributed by atoms with E-state index in [4.69, 9.17) is 27.9 Å². The van der Waals surface area contributed by atoms with Crippen LogP contribution in [0.15, 0.2) is 17.0 Å². The Balaban J connectivity index is 2.15. The molecule has 0 spiro atoms. The molecule has 0 radical (unpaired) electrons. The highest BCUT2D eigenvalue weighted by atomic mass is 35.5. The third kappa shape index (κ3) is 4.09. The molecule has 0 saturated carbocycles. The topological polar surface area (TPSA) is 75.6 Å². The molecule has 1 aromatic carbocycles. The zero-order valence-corrected chi connectivity index (χ0v) is 13.6. The first-order valence-corrected chi connectivity index (χ1v) is 8.88. The zero-order chi connectivity index (χ0) is 15.5. The van der Waals surface area contributed by atoms with Crippen molar-refractivity contribution in [2.75, 3.05) is 13.2 Å². The maximum atomic E-state index is 12.3. The summed E-state index contributed by atoms with van der Waals surface area (Å²) in [5, 5.41) is 9.40. The third-order valence-corrected chi connectivity index (χ3v) is 5.74. The lowest BCUT2D eigenvalue weighted by molar-refractivity contribution is 0.0200. The molecule has 1 heterocycles. The summed E-state index contributed by atoms with van der Waals surface area (Å²) in [6, 6.07) is 2.73. The van der Waals surface area contributed by atoms with Crippen LogP contribution in [0.3, 0.4) is 0 Å². The predicted molar refractivity (Wildman–Crippen MR) is 81.2 cm³/mol. The van der Waals surface area contributed by atoms with Crippen molar-refractivity contribution >= 4 is 33.2 Å². The van der Waals surface area contributed by atoms with Gasteiger partial charge in [-0.1, -0.05) is 23.2 Å². The summed E-state index contributed by atoms with van der Waals surface area (Å²) in [4.78, 5) is -0.0894. The van der Waals surface area contributed by atoms with Gasteiger partial charge in [-0.2, -0.15) is 0 Å². The number of aliphatic hydroxyl groups is 1. The molecule has 8 heteroatoms. The van der Waals surface area contributed by atoms with Gasteiger partial charge in [0.25, 0.3) is 0 Å². The maximum absolute atomic E-state index is 12.3. The van der Waals surface area contributed by atoms with E-state index in [1.54, 1.807) is 0 Å². The number of hydrogen-bond donors (Lipinski definition) is 2. The van der Waals surface area contributed by atoms with Crippen molar-refractivity contribution in [1.82, 2.24) is 4.72 Å². The number of aliphatic hydroxyl groups excluding tert-OH is 1. The van der Waals surface area contributed by atoms with Crippen LogP contribution in [0.1, 0.15) is 24.8 Å². The first kappa shape index (κ1) is 17.0. The number of benzene rings is 1. The SMILES string of the molecule is O=S(=O)(NCC1CCCCO1)c1ccc(Cl)c(CO)c1Cl. The van der Waals surface area contributed by atoms with Gasteiger partial charge in [-0.25, -0.2) is 13.1 Å². The van der Waals surface area contributed by atoms with Gasteiger partial charge in [-0.05, 0) is 31.4 Å². The van der Waals surface area contributed by atoms with E-state index in [1.165, 1.54) is 12.1 Å². The number of ether oxygens (including phenoxy) is 1. The fourth-order valence-electron chi connectivity index (χ4n) is 2.18. The van der Waals surface area contributed by atoms with Gasteiger partial charge >= 0.3 is 0 Å². The molecule has 0 aromatic heterocycles. The zero-order valence-electron chi connectivity index (χ0n) is 11.3. The molecule has 1 saturated heterocycles. The molecule has 1 aliphatic rings. The van der Waals surface area contributed by atoms with Gasteiger partial charge in [0, 0.05) is 23.7 Å². The van der Waals surface area contributed by atoms with E-state index in [0.717, 1.165) is 19.3 Å².